The number of ether oxygens (including phenoxy) is 1. The minimum atomic E-state index is -0.0120. The lowest BCUT2D eigenvalue weighted by Crippen LogP contribution is -2.04. The number of anilines is 2. The molecule has 2 aromatic carbocycles. The quantitative estimate of drug-likeness (QED) is 0.793. The van der Waals surface area contributed by atoms with Gasteiger partial charge in [0, 0.05) is 0 Å². The van der Waals surface area contributed by atoms with Crippen LogP contribution in [0.15, 0.2) is 42.5 Å². The monoisotopic (exact) mass is 240 g/mol. The fraction of sp³-hybridized carbons (Fsp3) is 0.0714. The summed E-state index contributed by atoms with van der Waals surface area (Å²) in [6.45, 7) is 0. The van der Waals surface area contributed by atoms with E-state index in [2.05, 4.69) is 5.32 Å². The van der Waals surface area contributed by atoms with Crippen LogP contribution >= 0.6 is 0 Å². The number of para-hydroxylation sites is 3. The Morgan fingerprint density at radius 3 is 2.67 bits per heavy atom. The molecule has 3 N–H and O–H groups in total. The van der Waals surface area contributed by atoms with Gasteiger partial charge in [-0.05, 0) is 23.8 Å². The van der Waals surface area contributed by atoms with Crippen molar-refractivity contribution in [2.45, 2.75) is 6.42 Å². The van der Waals surface area contributed by atoms with E-state index in [9.17, 15) is 4.79 Å². The minimum Gasteiger partial charge on any atom is -0.453 e. The predicted octanol–water partition coefficient (Wildman–Crippen LogP) is 2.56. The largest absolute Gasteiger partial charge is 0.453 e. The van der Waals surface area contributed by atoms with Crippen LogP contribution in [-0.2, 0) is 11.2 Å². The van der Waals surface area contributed by atoms with Gasteiger partial charge in [-0.3, -0.25) is 4.79 Å². The molecule has 4 heteroatoms. The third kappa shape index (κ3) is 1.78. The van der Waals surface area contributed by atoms with Crippen LogP contribution in [0.5, 0.6) is 11.5 Å². The van der Waals surface area contributed by atoms with Gasteiger partial charge in [0.25, 0.3) is 0 Å². The third-order valence-electron chi connectivity index (χ3n) is 2.87. The number of benzene rings is 2. The molecule has 3 rings (SSSR count). The molecule has 0 aliphatic carbocycles. The van der Waals surface area contributed by atoms with E-state index in [1.165, 1.54) is 0 Å². The van der Waals surface area contributed by atoms with Gasteiger partial charge in [0.2, 0.25) is 5.91 Å². The van der Waals surface area contributed by atoms with Gasteiger partial charge >= 0.3 is 0 Å². The highest BCUT2D eigenvalue weighted by Crippen LogP contribution is 2.37. The van der Waals surface area contributed by atoms with Crippen LogP contribution in [0.4, 0.5) is 11.4 Å². The minimum absolute atomic E-state index is 0.0120. The summed E-state index contributed by atoms with van der Waals surface area (Å²) >= 11 is 0. The number of carbonyl (C=O) groups excluding carboxylic acids is 1. The summed E-state index contributed by atoms with van der Waals surface area (Å²) in [5.41, 5.74) is 8.09. The van der Waals surface area contributed by atoms with Crippen molar-refractivity contribution in [3.8, 4) is 11.5 Å². The summed E-state index contributed by atoms with van der Waals surface area (Å²) in [6.07, 6.45) is 0.400. The average Bonchev–Trinajstić information content (AvgIpc) is 2.73. The Bertz CT molecular complexity index is 623. The van der Waals surface area contributed by atoms with Gasteiger partial charge in [-0.15, -0.1) is 0 Å². The maximum atomic E-state index is 11.4. The molecule has 2 aromatic rings. The summed E-state index contributed by atoms with van der Waals surface area (Å²) in [5, 5.41) is 2.80. The average molecular weight is 240 g/mol. The van der Waals surface area contributed by atoms with Gasteiger partial charge in [-0.25, -0.2) is 0 Å². The van der Waals surface area contributed by atoms with Crippen molar-refractivity contribution in [3.05, 3.63) is 48.0 Å². The highest BCUT2D eigenvalue weighted by molar-refractivity contribution is 6.01. The molecular formula is C14H12N2O2. The maximum Gasteiger partial charge on any atom is 0.228 e. The number of carbonyl (C=O) groups is 1. The predicted molar refractivity (Wildman–Crippen MR) is 69.7 cm³/mol. The van der Waals surface area contributed by atoms with Crippen LogP contribution < -0.4 is 15.8 Å². The third-order valence-corrected chi connectivity index (χ3v) is 2.87. The molecule has 0 radical (unpaired) electrons. The zero-order valence-electron chi connectivity index (χ0n) is 9.64. The number of hydrogen-bond donors (Lipinski definition) is 2. The number of amides is 1. The van der Waals surface area contributed by atoms with Crippen molar-refractivity contribution in [1.29, 1.82) is 0 Å². The number of hydrogen-bond acceptors (Lipinski definition) is 3. The number of rotatable bonds is 2. The van der Waals surface area contributed by atoms with E-state index in [4.69, 9.17) is 10.5 Å². The molecule has 0 unspecified atom stereocenters. The Morgan fingerprint density at radius 2 is 1.83 bits per heavy atom. The molecule has 0 bridgehead atoms. The number of nitrogens with two attached hydrogens (primary N) is 1. The molecule has 4 nitrogen and oxygen atoms in total. The lowest BCUT2D eigenvalue weighted by molar-refractivity contribution is -0.115. The molecule has 1 aliphatic rings. The zero-order chi connectivity index (χ0) is 12.5. The SMILES string of the molecule is Nc1ccccc1Oc1cccc2c1NC(=O)C2. The number of fused-ring (bicyclic) bond motifs is 1. The standard InChI is InChI=1S/C14H12N2O2/c15-10-5-1-2-6-11(10)18-12-7-3-4-9-8-13(17)16-14(9)12/h1-7H,8,15H2,(H,16,17). The van der Waals surface area contributed by atoms with Crippen molar-refractivity contribution < 1.29 is 9.53 Å². The highest BCUT2D eigenvalue weighted by Gasteiger charge is 2.21. The van der Waals surface area contributed by atoms with Crippen LogP contribution in [0.3, 0.4) is 0 Å². The van der Waals surface area contributed by atoms with Crippen molar-refractivity contribution in [2.75, 3.05) is 11.1 Å². The van der Waals surface area contributed by atoms with Crippen molar-refractivity contribution >= 4 is 17.3 Å². The fourth-order valence-electron chi connectivity index (χ4n) is 2.00. The molecule has 18 heavy (non-hydrogen) atoms. The summed E-state index contributed by atoms with van der Waals surface area (Å²) in [4.78, 5) is 11.4. The molecule has 0 saturated heterocycles. The maximum absolute atomic E-state index is 11.4. The summed E-state index contributed by atoms with van der Waals surface area (Å²) in [6, 6.07) is 12.9. The van der Waals surface area contributed by atoms with E-state index < -0.39 is 0 Å². The Hall–Kier alpha value is -2.49. The smallest absolute Gasteiger partial charge is 0.228 e. The first-order valence-electron chi connectivity index (χ1n) is 5.68. The number of nitrogens with one attached hydrogen (secondary N) is 1. The Kier molecular flexibility index (Phi) is 2.41. The summed E-state index contributed by atoms with van der Waals surface area (Å²) in [7, 11) is 0. The summed E-state index contributed by atoms with van der Waals surface area (Å²) in [5.74, 6) is 1.20. The second-order valence-corrected chi connectivity index (χ2v) is 4.16. The molecule has 90 valence electrons. The van der Waals surface area contributed by atoms with E-state index in [0.29, 0.717) is 23.6 Å². The first-order valence-corrected chi connectivity index (χ1v) is 5.68. The molecule has 0 atom stereocenters. The molecule has 1 amide bonds. The van der Waals surface area contributed by atoms with E-state index in [-0.39, 0.29) is 5.91 Å². The van der Waals surface area contributed by atoms with Crippen LogP contribution in [0.2, 0.25) is 0 Å². The Balaban J connectivity index is 1.98. The first kappa shape index (κ1) is 10.7. The van der Waals surface area contributed by atoms with Gasteiger partial charge < -0.3 is 15.8 Å². The molecular weight excluding hydrogens is 228 g/mol. The van der Waals surface area contributed by atoms with Gasteiger partial charge in [-0.2, -0.15) is 0 Å². The molecule has 0 fully saturated rings. The highest BCUT2D eigenvalue weighted by atomic mass is 16.5. The van der Waals surface area contributed by atoms with Crippen molar-refractivity contribution in [2.24, 2.45) is 0 Å². The van der Waals surface area contributed by atoms with E-state index in [1.54, 1.807) is 12.1 Å². The van der Waals surface area contributed by atoms with Gasteiger partial charge in [-0.1, -0.05) is 24.3 Å². The zero-order valence-corrected chi connectivity index (χ0v) is 9.64. The Morgan fingerprint density at radius 1 is 1.06 bits per heavy atom. The normalized spacial score (nSPS) is 13.0. The lowest BCUT2D eigenvalue weighted by atomic mass is 10.1. The van der Waals surface area contributed by atoms with Crippen molar-refractivity contribution in [1.82, 2.24) is 0 Å². The summed E-state index contributed by atoms with van der Waals surface area (Å²) < 4.78 is 5.76. The fourth-order valence-corrected chi connectivity index (χ4v) is 2.00. The van der Waals surface area contributed by atoms with Crippen molar-refractivity contribution in [3.63, 3.8) is 0 Å². The molecule has 1 aliphatic heterocycles. The molecule has 0 spiro atoms. The van der Waals surface area contributed by atoms with Crippen LogP contribution in [0.25, 0.3) is 0 Å². The van der Waals surface area contributed by atoms with Crippen LogP contribution in [-0.4, -0.2) is 5.91 Å². The second kappa shape index (κ2) is 4.07. The molecule has 0 aromatic heterocycles. The topological polar surface area (TPSA) is 64.3 Å². The van der Waals surface area contributed by atoms with Gasteiger partial charge in [0.1, 0.15) is 5.75 Å². The Labute approximate surface area is 104 Å². The van der Waals surface area contributed by atoms with E-state index in [0.717, 1.165) is 11.3 Å². The van der Waals surface area contributed by atoms with Gasteiger partial charge in [0.15, 0.2) is 5.75 Å². The molecule has 0 saturated carbocycles. The van der Waals surface area contributed by atoms with Crippen LogP contribution in [0, 0.1) is 0 Å². The molecule has 1 heterocycles. The first-order chi connectivity index (χ1) is 8.74. The second-order valence-electron chi connectivity index (χ2n) is 4.16. The number of nitrogen functional groups attached to an aromatic ring is 1. The lowest BCUT2D eigenvalue weighted by Gasteiger charge is -2.11. The van der Waals surface area contributed by atoms with Gasteiger partial charge in [0.05, 0.1) is 17.8 Å². The van der Waals surface area contributed by atoms with Crippen LogP contribution in [0.1, 0.15) is 5.56 Å². The van der Waals surface area contributed by atoms with E-state index >= 15 is 0 Å². The van der Waals surface area contributed by atoms with E-state index in [1.807, 2.05) is 30.3 Å².